The summed E-state index contributed by atoms with van der Waals surface area (Å²) in [6, 6.07) is 11.0. The van der Waals surface area contributed by atoms with Crippen LogP contribution in [0.25, 0.3) is 0 Å². The molecule has 110 valence electrons. The normalized spacial score (nSPS) is 10.4. The van der Waals surface area contributed by atoms with E-state index in [0.29, 0.717) is 13.1 Å². The summed E-state index contributed by atoms with van der Waals surface area (Å²) in [5, 5.41) is 0.0274. The first-order valence-corrected chi connectivity index (χ1v) is 7.14. The van der Waals surface area contributed by atoms with E-state index in [1.807, 2.05) is 37.3 Å². The van der Waals surface area contributed by atoms with Gasteiger partial charge in [-0.1, -0.05) is 41.9 Å². The van der Waals surface area contributed by atoms with Crippen LogP contribution in [0.2, 0.25) is 5.15 Å². The number of halogens is 2. The Balaban J connectivity index is 2.10. The monoisotopic (exact) mass is 306 g/mol. The van der Waals surface area contributed by atoms with Crippen molar-refractivity contribution in [2.24, 2.45) is 0 Å². The molecule has 0 atom stereocenters. The maximum atomic E-state index is 13.2. The van der Waals surface area contributed by atoms with Crippen LogP contribution in [0.3, 0.4) is 0 Å². The minimum Gasteiger partial charge on any atom is -0.338 e. The summed E-state index contributed by atoms with van der Waals surface area (Å²) >= 11 is 5.88. The van der Waals surface area contributed by atoms with Crippen LogP contribution in [0.4, 0.5) is 4.39 Å². The lowest BCUT2D eigenvalue weighted by atomic mass is 10.1. The molecule has 5 heteroatoms. The van der Waals surface area contributed by atoms with E-state index in [0.717, 1.165) is 24.2 Å². The van der Waals surface area contributed by atoms with Gasteiger partial charge in [0.1, 0.15) is 11.0 Å². The lowest BCUT2D eigenvalue weighted by Gasteiger charge is -2.21. The second-order valence-corrected chi connectivity index (χ2v) is 4.97. The van der Waals surface area contributed by atoms with Crippen LogP contribution in [0.5, 0.6) is 0 Å². The molecule has 1 heterocycles. The summed E-state index contributed by atoms with van der Waals surface area (Å²) in [6.07, 6.45) is 1.74. The highest BCUT2D eigenvalue weighted by atomic mass is 35.5. The third-order valence-corrected chi connectivity index (χ3v) is 3.52. The number of amides is 1. The highest BCUT2D eigenvalue weighted by Crippen LogP contribution is 2.16. The number of hydrogen-bond donors (Lipinski definition) is 0. The summed E-state index contributed by atoms with van der Waals surface area (Å²) in [6.45, 7) is 2.95. The van der Waals surface area contributed by atoms with Crippen molar-refractivity contribution in [1.82, 2.24) is 9.88 Å². The Morgan fingerprint density at radius 1 is 1.33 bits per heavy atom. The second kappa shape index (κ2) is 7.18. The van der Waals surface area contributed by atoms with Crippen molar-refractivity contribution in [3.8, 4) is 0 Å². The molecule has 3 nitrogen and oxygen atoms in total. The van der Waals surface area contributed by atoms with Gasteiger partial charge in [-0.25, -0.2) is 9.37 Å². The molecule has 0 radical (unpaired) electrons. The number of benzene rings is 1. The van der Waals surface area contributed by atoms with Crippen molar-refractivity contribution in [3.63, 3.8) is 0 Å². The molecule has 0 saturated carbocycles. The molecule has 2 rings (SSSR count). The number of aromatic nitrogens is 1. The third kappa shape index (κ3) is 4.02. The summed E-state index contributed by atoms with van der Waals surface area (Å²) in [5.41, 5.74) is 1.25. The molecule has 0 bridgehead atoms. The maximum Gasteiger partial charge on any atom is 0.257 e. The van der Waals surface area contributed by atoms with Crippen LogP contribution in [-0.4, -0.2) is 28.9 Å². The fourth-order valence-corrected chi connectivity index (χ4v) is 2.24. The predicted octanol–water partition coefficient (Wildman–Crippen LogP) is 3.58. The zero-order valence-corrected chi connectivity index (χ0v) is 12.5. The quantitative estimate of drug-likeness (QED) is 0.791. The first kappa shape index (κ1) is 15.4. The molecule has 1 aromatic carbocycles. The Bertz CT molecular complexity index is 619. The van der Waals surface area contributed by atoms with Crippen LogP contribution in [0.15, 0.2) is 42.6 Å². The number of hydrogen-bond acceptors (Lipinski definition) is 2. The summed E-state index contributed by atoms with van der Waals surface area (Å²) in [7, 11) is 0. The molecule has 0 saturated heterocycles. The van der Waals surface area contributed by atoms with Crippen molar-refractivity contribution in [2.45, 2.75) is 13.3 Å². The average Bonchev–Trinajstić information content (AvgIpc) is 2.51. The molecular weight excluding hydrogens is 291 g/mol. The molecule has 0 aliphatic carbocycles. The van der Waals surface area contributed by atoms with Gasteiger partial charge < -0.3 is 4.90 Å². The SMILES string of the molecule is CCN(CCc1ccccc1)C(=O)c1cc(F)cnc1Cl. The van der Waals surface area contributed by atoms with Gasteiger partial charge in [-0.05, 0) is 25.0 Å². The first-order chi connectivity index (χ1) is 10.1. The van der Waals surface area contributed by atoms with Gasteiger partial charge in [0.05, 0.1) is 11.8 Å². The molecule has 1 amide bonds. The molecule has 2 aromatic rings. The van der Waals surface area contributed by atoms with E-state index < -0.39 is 5.82 Å². The van der Waals surface area contributed by atoms with E-state index in [1.165, 1.54) is 0 Å². The summed E-state index contributed by atoms with van der Waals surface area (Å²) in [4.78, 5) is 17.7. The van der Waals surface area contributed by atoms with Crippen LogP contribution in [0.1, 0.15) is 22.8 Å². The summed E-state index contributed by atoms with van der Waals surface area (Å²) < 4.78 is 13.2. The molecule has 0 N–H and O–H groups in total. The van der Waals surface area contributed by atoms with E-state index >= 15 is 0 Å². The lowest BCUT2D eigenvalue weighted by molar-refractivity contribution is 0.0765. The lowest BCUT2D eigenvalue weighted by Crippen LogP contribution is -2.33. The van der Waals surface area contributed by atoms with Crippen LogP contribution in [-0.2, 0) is 6.42 Å². The molecular formula is C16H16ClFN2O. The van der Waals surface area contributed by atoms with Gasteiger partial charge in [-0.3, -0.25) is 4.79 Å². The Morgan fingerprint density at radius 3 is 2.71 bits per heavy atom. The van der Waals surface area contributed by atoms with E-state index in [1.54, 1.807) is 4.90 Å². The van der Waals surface area contributed by atoms with E-state index in [2.05, 4.69) is 4.98 Å². The number of carbonyl (C=O) groups excluding carboxylic acids is 1. The van der Waals surface area contributed by atoms with Gasteiger partial charge in [-0.2, -0.15) is 0 Å². The van der Waals surface area contributed by atoms with E-state index in [-0.39, 0.29) is 16.6 Å². The van der Waals surface area contributed by atoms with Crippen molar-refractivity contribution in [3.05, 3.63) is 64.7 Å². The molecule has 0 spiro atoms. The molecule has 1 aromatic heterocycles. The number of likely N-dealkylation sites (N-methyl/N-ethyl adjacent to an activating group) is 1. The zero-order chi connectivity index (χ0) is 15.2. The molecule has 0 aliphatic rings. The van der Waals surface area contributed by atoms with Crippen molar-refractivity contribution in [1.29, 1.82) is 0 Å². The molecule has 0 aliphatic heterocycles. The topological polar surface area (TPSA) is 33.2 Å². The largest absolute Gasteiger partial charge is 0.338 e. The number of pyridine rings is 1. The number of nitrogens with zero attached hydrogens (tertiary/aromatic N) is 2. The number of carbonyl (C=O) groups is 1. The molecule has 21 heavy (non-hydrogen) atoms. The first-order valence-electron chi connectivity index (χ1n) is 6.76. The van der Waals surface area contributed by atoms with Gasteiger partial charge >= 0.3 is 0 Å². The minimum atomic E-state index is -0.568. The fraction of sp³-hybridized carbons (Fsp3) is 0.250. The second-order valence-electron chi connectivity index (χ2n) is 4.61. The smallest absolute Gasteiger partial charge is 0.257 e. The van der Waals surface area contributed by atoms with E-state index in [9.17, 15) is 9.18 Å². The zero-order valence-electron chi connectivity index (χ0n) is 11.7. The maximum absolute atomic E-state index is 13.2. The fourth-order valence-electron chi connectivity index (χ4n) is 2.05. The van der Waals surface area contributed by atoms with Crippen LogP contribution < -0.4 is 0 Å². The van der Waals surface area contributed by atoms with Gasteiger partial charge in [-0.15, -0.1) is 0 Å². The Hall–Kier alpha value is -1.94. The standard InChI is InChI=1S/C16H16ClFN2O/c1-2-20(9-8-12-6-4-3-5-7-12)16(21)14-10-13(18)11-19-15(14)17/h3-7,10-11H,2,8-9H2,1H3. The van der Waals surface area contributed by atoms with Crippen LogP contribution >= 0.6 is 11.6 Å². The predicted molar refractivity (Wildman–Crippen MR) is 80.9 cm³/mol. The Labute approximate surface area is 128 Å². The average molecular weight is 307 g/mol. The van der Waals surface area contributed by atoms with Crippen molar-refractivity contribution >= 4 is 17.5 Å². The van der Waals surface area contributed by atoms with Gasteiger partial charge in [0.15, 0.2) is 0 Å². The van der Waals surface area contributed by atoms with Gasteiger partial charge in [0, 0.05) is 13.1 Å². The van der Waals surface area contributed by atoms with Gasteiger partial charge in [0.25, 0.3) is 5.91 Å². The Kier molecular flexibility index (Phi) is 5.28. The highest BCUT2D eigenvalue weighted by molar-refractivity contribution is 6.32. The number of rotatable bonds is 5. The Morgan fingerprint density at radius 2 is 2.05 bits per heavy atom. The summed E-state index contributed by atoms with van der Waals surface area (Å²) in [5.74, 6) is -0.868. The van der Waals surface area contributed by atoms with Crippen molar-refractivity contribution < 1.29 is 9.18 Å². The molecule has 0 fully saturated rings. The van der Waals surface area contributed by atoms with Crippen LogP contribution in [0, 0.1) is 5.82 Å². The molecule has 0 unspecified atom stereocenters. The minimum absolute atomic E-state index is 0.0274. The van der Waals surface area contributed by atoms with E-state index in [4.69, 9.17) is 11.6 Å². The van der Waals surface area contributed by atoms with Gasteiger partial charge in [0.2, 0.25) is 0 Å². The highest BCUT2D eigenvalue weighted by Gasteiger charge is 2.18. The van der Waals surface area contributed by atoms with Crippen molar-refractivity contribution in [2.75, 3.05) is 13.1 Å². The third-order valence-electron chi connectivity index (χ3n) is 3.22.